The van der Waals surface area contributed by atoms with Crippen LogP contribution in [0.15, 0.2) is 27.1 Å². The summed E-state index contributed by atoms with van der Waals surface area (Å²) in [5.41, 5.74) is 0.927. The fourth-order valence-corrected chi connectivity index (χ4v) is 1.61. The van der Waals surface area contributed by atoms with Crippen LogP contribution in [0.3, 0.4) is 0 Å². The molecule has 0 bridgehead atoms. The Morgan fingerprint density at radius 2 is 2.25 bits per heavy atom. The first kappa shape index (κ1) is 9.66. The molecule has 4 heteroatoms. The Balaban J connectivity index is 1.71. The summed E-state index contributed by atoms with van der Waals surface area (Å²) in [4.78, 5) is 0. The summed E-state index contributed by atoms with van der Waals surface area (Å²) in [6, 6.07) is 6.42. The average molecular weight is 218 g/mol. The molecule has 16 heavy (non-hydrogen) atoms. The summed E-state index contributed by atoms with van der Waals surface area (Å²) in [6.45, 7) is 2.68. The predicted octanol–water partition coefficient (Wildman–Crippen LogP) is 2.50. The lowest BCUT2D eigenvalue weighted by Crippen LogP contribution is -2.15. The van der Waals surface area contributed by atoms with Gasteiger partial charge in [-0.15, -0.1) is 0 Å². The maximum absolute atomic E-state index is 5.47. The summed E-state index contributed by atoms with van der Waals surface area (Å²) in [6.07, 6.45) is 2.56. The lowest BCUT2D eigenvalue weighted by atomic mass is 10.3. The van der Waals surface area contributed by atoms with Gasteiger partial charge in [0.1, 0.15) is 5.76 Å². The molecule has 1 aliphatic rings. The SMILES string of the molecule is Cc1ccc(-c2cc(CNC3CC3)no2)o1. The Morgan fingerprint density at radius 1 is 1.38 bits per heavy atom. The van der Waals surface area contributed by atoms with Gasteiger partial charge in [0.15, 0.2) is 5.76 Å². The number of hydrogen-bond acceptors (Lipinski definition) is 4. The van der Waals surface area contributed by atoms with Gasteiger partial charge in [0.25, 0.3) is 0 Å². The van der Waals surface area contributed by atoms with E-state index in [1.54, 1.807) is 0 Å². The molecule has 1 fully saturated rings. The molecular weight excluding hydrogens is 204 g/mol. The van der Waals surface area contributed by atoms with E-state index in [-0.39, 0.29) is 0 Å². The van der Waals surface area contributed by atoms with E-state index in [9.17, 15) is 0 Å². The van der Waals surface area contributed by atoms with E-state index in [2.05, 4.69) is 10.5 Å². The van der Waals surface area contributed by atoms with Gasteiger partial charge in [-0.1, -0.05) is 5.16 Å². The van der Waals surface area contributed by atoms with Gasteiger partial charge < -0.3 is 14.3 Å². The van der Waals surface area contributed by atoms with E-state index in [1.165, 1.54) is 12.8 Å². The van der Waals surface area contributed by atoms with Crippen molar-refractivity contribution >= 4 is 0 Å². The minimum Gasteiger partial charge on any atom is -0.458 e. The first-order valence-corrected chi connectivity index (χ1v) is 5.57. The topological polar surface area (TPSA) is 51.2 Å². The molecule has 0 aromatic carbocycles. The van der Waals surface area contributed by atoms with Crippen LogP contribution in [0.1, 0.15) is 24.3 Å². The first-order valence-electron chi connectivity index (χ1n) is 5.57. The summed E-state index contributed by atoms with van der Waals surface area (Å²) in [7, 11) is 0. The molecule has 0 aliphatic heterocycles. The maximum atomic E-state index is 5.47. The van der Waals surface area contributed by atoms with Crippen molar-refractivity contribution in [3.05, 3.63) is 29.7 Å². The first-order chi connectivity index (χ1) is 7.81. The predicted molar refractivity (Wildman–Crippen MR) is 58.8 cm³/mol. The van der Waals surface area contributed by atoms with Crippen LogP contribution in [0.2, 0.25) is 0 Å². The second-order valence-electron chi connectivity index (χ2n) is 4.25. The van der Waals surface area contributed by atoms with Crippen LogP contribution in [-0.4, -0.2) is 11.2 Å². The number of hydrogen-bond donors (Lipinski definition) is 1. The molecule has 0 atom stereocenters. The lowest BCUT2D eigenvalue weighted by Gasteiger charge is -1.95. The lowest BCUT2D eigenvalue weighted by molar-refractivity contribution is 0.405. The smallest absolute Gasteiger partial charge is 0.202 e. The maximum Gasteiger partial charge on any atom is 0.202 e. The Bertz CT molecular complexity index is 483. The molecule has 1 aliphatic carbocycles. The van der Waals surface area contributed by atoms with Crippen molar-refractivity contribution < 1.29 is 8.94 Å². The van der Waals surface area contributed by atoms with E-state index in [0.717, 1.165) is 23.8 Å². The Morgan fingerprint density at radius 3 is 2.94 bits per heavy atom. The fraction of sp³-hybridized carbons (Fsp3) is 0.417. The standard InChI is InChI=1S/C12H14N2O2/c1-8-2-5-11(15-8)12-6-10(14-16-12)7-13-9-3-4-9/h2,5-6,9,13H,3-4,7H2,1H3. The zero-order valence-corrected chi connectivity index (χ0v) is 9.19. The van der Waals surface area contributed by atoms with Crippen molar-refractivity contribution in [2.24, 2.45) is 0 Å². The third-order valence-electron chi connectivity index (χ3n) is 2.69. The zero-order chi connectivity index (χ0) is 11.0. The molecule has 84 valence electrons. The molecule has 0 amide bonds. The molecule has 0 saturated heterocycles. The van der Waals surface area contributed by atoms with Crippen LogP contribution in [-0.2, 0) is 6.54 Å². The van der Waals surface area contributed by atoms with E-state index >= 15 is 0 Å². The van der Waals surface area contributed by atoms with Gasteiger partial charge in [-0.05, 0) is 31.9 Å². The Hall–Kier alpha value is -1.55. The molecule has 0 spiro atoms. The van der Waals surface area contributed by atoms with Crippen LogP contribution in [0.25, 0.3) is 11.5 Å². The fourth-order valence-electron chi connectivity index (χ4n) is 1.61. The van der Waals surface area contributed by atoms with Crippen molar-refractivity contribution in [1.82, 2.24) is 10.5 Å². The number of rotatable bonds is 4. The molecule has 2 aromatic heterocycles. The van der Waals surface area contributed by atoms with Crippen LogP contribution in [0.5, 0.6) is 0 Å². The number of aromatic nitrogens is 1. The summed E-state index contributed by atoms with van der Waals surface area (Å²) >= 11 is 0. The van der Waals surface area contributed by atoms with Gasteiger partial charge in [-0.25, -0.2) is 0 Å². The van der Waals surface area contributed by atoms with Crippen LogP contribution < -0.4 is 5.32 Å². The highest BCUT2D eigenvalue weighted by molar-refractivity contribution is 5.50. The Kier molecular flexibility index (Phi) is 2.29. The normalized spacial score (nSPS) is 15.6. The van der Waals surface area contributed by atoms with Crippen molar-refractivity contribution in [2.45, 2.75) is 32.4 Å². The minimum absolute atomic E-state index is 0.686. The highest BCUT2D eigenvalue weighted by atomic mass is 16.5. The van der Waals surface area contributed by atoms with Crippen LogP contribution in [0.4, 0.5) is 0 Å². The minimum atomic E-state index is 0.686. The van der Waals surface area contributed by atoms with E-state index < -0.39 is 0 Å². The average Bonchev–Trinajstić information content (AvgIpc) is 2.81. The quantitative estimate of drug-likeness (QED) is 0.856. The van der Waals surface area contributed by atoms with Gasteiger partial charge >= 0.3 is 0 Å². The van der Waals surface area contributed by atoms with Crippen molar-refractivity contribution in [3.63, 3.8) is 0 Å². The number of nitrogens with zero attached hydrogens (tertiary/aromatic N) is 1. The molecule has 4 nitrogen and oxygen atoms in total. The molecule has 0 radical (unpaired) electrons. The molecular formula is C12H14N2O2. The molecule has 1 saturated carbocycles. The van der Waals surface area contributed by atoms with E-state index in [0.29, 0.717) is 11.8 Å². The number of aryl methyl sites for hydroxylation is 1. The molecule has 1 N–H and O–H groups in total. The summed E-state index contributed by atoms with van der Waals surface area (Å²) in [5, 5.41) is 7.39. The second-order valence-corrected chi connectivity index (χ2v) is 4.25. The third-order valence-corrected chi connectivity index (χ3v) is 2.69. The van der Waals surface area contributed by atoms with Crippen molar-refractivity contribution in [1.29, 1.82) is 0 Å². The zero-order valence-electron chi connectivity index (χ0n) is 9.19. The van der Waals surface area contributed by atoms with Crippen LogP contribution in [0, 0.1) is 6.92 Å². The highest BCUT2D eigenvalue weighted by Gasteiger charge is 2.20. The van der Waals surface area contributed by atoms with Gasteiger partial charge in [-0.2, -0.15) is 0 Å². The van der Waals surface area contributed by atoms with Gasteiger partial charge in [-0.3, -0.25) is 0 Å². The number of nitrogens with one attached hydrogen (secondary N) is 1. The van der Waals surface area contributed by atoms with Crippen molar-refractivity contribution in [3.8, 4) is 11.5 Å². The largest absolute Gasteiger partial charge is 0.458 e. The van der Waals surface area contributed by atoms with Crippen molar-refractivity contribution in [2.75, 3.05) is 0 Å². The van der Waals surface area contributed by atoms with Gasteiger partial charge in [0, 0.05) is 18.7 Å². The third kappa shape index (κ3) is 2.02. The van der Waals surface area contributed by atoms with E-state index in [4.69, 9.17) is 8.94 Å². The molecule has 3 rings (SSSR count). The summed E-state index contributed by atoms with van der Waals surface area (Å²) in [5.74, 6) is 2.31. The van der Waals surface area contributed by atoms with Crippen LogP contribution >= 0.6 is 0 Å². The molecule has 0 unspecified atom stereocenters. The van der Waals surface area contributed by atoms with Gasteiger partial charge in [0.05, 0.1) is 5.69 Å². The van der Waals surface area contributed by atoms with E-state index in [1.807, 2.05) is 25.1 Å². The highest BCUT2D eigenvalue weighted by Crippen LogP contribution is 2.23. The Labute approximate surface area is 93.6 Å². The monoisotopic (exact) mass is 218 g/mol. The summed E-state index contributed by atoms with van der Waals surface area (Å²) < 4.78 is 10.7. The molecule has 2 heterocycles. The second kappa shape index (κ2) is 3.79. The number of furan rings is 1. The van der Waals surface area contributed by atoms with Gasteiger partial charge in [0.2, 0.25) is 5.76 Å². The molecule has 2 aromatic rings.